The molecule has 0 fully saturated rings. The van der Waals surface area contributed by atoms with Crippen LogP contribution in [0.1, 0.15) is 25.1 Å². The van der Waals surface area contributed by atoms with E-state index in [-0.39, 0.29) is 30.5 Å². The van der Waals surface area contributed by atoms with Gasteiger partial charge in [0.15, 0.2) is 0 Å². The summed E-state index contributed by atoms with van der Waals surface area (Å²) in [6.45, 7) is 2.21. The maximum absolute atomic E-state index is 12.7. The van der Waals surface area contributed by atoms with Gasteiger partial charge in [-0.1, -0.05) is 30.3 Å². The molecule has 1 unspecified atom stereocenters. The SMILES string of the molecule is CC(c1cc2ccccc2o1)N(C)C(=O)CCn1cnc2ccccc2c1=O. The van der Waals surface area contributed by atoms with Crippen LogP contribution in [0.25, 0.3) is 21.9 Å². The van der Waals surface area contributed by atoms with Crippen LogP contribution in [0.3, 0.4) is 0 Å². The molecular weight excluding hydrogens is 354 g/mol. The molecule has 0 aliphatic carbocycles. The molecule has 2 aromatic heterocycles. The number of hydrogen-bond acceptors (Lipinski definition) is 4. The number of fused-ring (bicyclic) bond motifs is 2. The maximum Gasteiger partial charge on any atom is 0.261 e. The van der Waals surface area contributed by atoms with E-state index in [0.717, 1.165) is 16.7 Å². The smallest absolute Gasteiger partial charge is 0.261 e. The Balaban J connectivity index is 1.47. The Morgan fingerprint density at radius 3 is 2.75 bits per heavy atom. The topological polar surface area (TPSA) is 68.3 Å². The molecule has 0 saturated heterocycles. The first-order valence-corrected chi connectivity index (χ1v) is 9.23. The van der Waals surface area contributed by atoms with E-state index >= 15 is 0 Å². The Kier molecular flexibility index (Phi) is 4.69. The van der Waals surface area contributed by atoms with Crippen molar-refractivity contribution in [3.05, 3.63) is 77.0 Å². The number of aromatic nitrogens is 2. The number of rotatable bonds is 5. The van der Waals surface area contributed by atoms with Gasteiger partial charge in [0, 0.05) is 25.4 Å². The van der Waals surface area contributed by atoms with Crippen molar-refractivity contribution in [2.45, 2.75) is 25.9 Å². The van der Waals surface area contributed by atoms with Crippen LogP contribution in [0, 0.1) is 0 Å². The van der Waals surface area contributed by atoms with Gasteiger partial charge >= 0.3 is 0 Å². The molecule has 6 nitrogen and oxygen atoms in total. The Hall–Kier alpha value is -3.41. The highest BCUT2D eigenvalue weighted by Gasteiger charge is 2.20. The summed E-state index contributed by atoms with van der Waals surface area (Å²) in [5, 5.41) is 1.57. The first kappa shape index (κ1) is 18.0. The van der Waals surface area contributed by atoms with Gasteiger partial charge in [-0.15, -0.1) is 0 Å². The van der Waals surface area contributed by atoms with Gasteiger partial charge in [0.1, 0.15) is 11.3 Å². The number of amides is 1. The molecule has 4 rings (SSSR count). The second kappa shape index (κ2) is 7.31. The number of carbonyl (C=O) groups is 1. The Labute approximate surface area is 162 Å². The molecule has 0 aliphatic heterocycles. The van der Waals surface area contributed by atoms with E-state index in [1.165, 1.54) is 10.9 Å². The van der Waals surface area contributed by atoms with Crippen LogP contribution in [-0.2, 0) is 11.3 Å². The molecule has 6 heteroatoms. The zero-order valence-corrected chi connectivity index (χ0v) is 15.8. The molecular formula is C22H21N3O3. The minimum atomic E-state index is -0.202. The minimum Gasteiger partial charge on any atom is -0.459 e. The van der Waals surface area contributed by atoms with Gasteiger partial charge in [-0.3, -0.25) is 14.2 Å². The quantitative estimate of drug-likeness (QED) is 0.533. The fraction of sp³-hybridized carbons (Fsp3) is 0.227. The molecule has 0 saturated carbocycles. The zero-order chi connectivity index (χ0) is 19.7. The highest BCUT2D eigenvalue weighted by atomic mass is 16.3. The molecule has 0 bridgehead atoms. The van der Waals surface area contributed by atoms with Crippen molar-refractivity contribution in [3.8, 4) is 0 Å². The van der Waals surface area contributed by atoms with Gasteiger partial charge in [-0.05, 0) is 31.2 Å². The van der Waals surface area contributed by atoms with E-state index < -0.39 is 0 Å². The van der Waals surface area contributed by atoms with Crippen molar-refractivity contribution < 1.29 is 9.21 Å². The van der Waals surface area contributed by atoms with Crippen LogP contribution in [0.2, 0.25) is 0 Å². The second-order valence-electron chi connectivity index (χ2n) is 6.88. The molecule has 142 valence electrons. The molecule has 0 N–H and O–H groups in total. The van der Waals surface area contributed by atoms with Gasteiger partial charge in [0.2, 0.25) is 5.91 Å². The van der Waals surface area contributed by atoms with Crippen molar-refractivity contribution in [3.63, 3.8) is 0 Å². The third kappa shape index (κ3) is 3.29. The van der Waals surface area contributed by atoms with Crippen LogP contribution < -0.4 is 5.56 Å². The van der Waals surface area contributed by atoms with Gasteiger partial charge in [-0.2, -0.15) is 0 Å². The summed E-state index contributed by atoms with van der Waals surface area (Å²) in [6, 6.07) is 16.7. The maximum atomic E-state index is 12.7. The van der Waals surface area contributed by atoms with Gasteiger partial charge in [0.05, 0.1) is 23.3 Å². The summed E-state index contributed by atoms with van der Waals surface area (Å²) in [5.41, 5.74) is 1.33. The van der Waals surface area contributed by atoms with Gasteiger partial charge in [0.25, 0.3) is 5.56 Å². The van der Waals surface area contributed by atoms with E-state index in [1.807, 2.05) is 49.4 Å². The number of benzene rings is 2. The van der Waals surface area contributed by atoms with Crippen molar-refractivity contribution in [1.82, 2.24) is 14.5 Å². The third-order valence-electron chi connectivity index (χ3n) is 5.13. The highest BCUT2D eigenvalue weighted by Crippen LogP contribution is 2.26. The number of aryl methyl sites for hydroxylation is 1. The van der Waals surface area contributed by atoms with Gasteiger partial charge < -0.3 is 9.32 Å². The average molecular weight is 375 g/mol. The normalized spacial score (nSPS) is 12.4. The van der Waals surface area contributed by atoms with E-state index in [2.05, 4.69) is 4.98 Å². The summed E-state index contributed by atoms with van der Waals surface area (Å²) >= 11 is 0. The molecule has 2 heterocycles. The molecule has 0 spiro atoms. The van der Waals surface area contributed by atoms with E-state index in [0.29, 0.717) is 10.9 Å². The van der Waals surface area contributed by atoms with Crippen LogP contribution in [0.5, 0.6) is 0 Å². The molecule has 4 aromatic rings. The lowest BCUT2D eigenvalue weighted by atomic mass is 10.2. The van der Waals surface area contributed by atoms with Crippen LogP contribution >= 0.6 is 0 Å². The Bertz CT molecular complexity index is 1180. The van der Waals surface area contributed by atoms with Crippen molar-refractivity contribution >= 4 is 27.8 Å². The average Bonchev–Trinajstić information content (AvgIpc) is 3.16. The lowest BCUT2D eigenvalue weighted by Gasteiger charge is -2.23. The summed E-state index contributed by atoms with van der Waals surface area (Å²) < 4.78 is 7.36. The number of para-hydroxylation sites is 2. The standard InChI is InChI=1S/C22H21N3O3/c1-15(20-13-16-7-3-6-10-19(16)28-20)24(2)21(26)11-12-25-14-23-18-9-5-4-8-17(18)22(25)27/h3-10,13-15H,11-12H2,1-2H3. The largest absolute Gasteiger partial charge is 0.459 e. The van der Waals surface area contributed by atoms with Crippen molar-refractivity contribution in [1.29, 1.82) is 0 Å². The van der Waals surface area contributed by atoms with E-state index in [1.54, 1.807) is 24.1 Å². The monoisotopic (exact) mass is 375 g/mol. The fourth-order valence-electron chi connectivity index (χ4n) is 3.27. The molecule has 0 aliphatic rings. The number of hydrogen-bond donors (Lipinski definition) is 0. The highest BCUT2D eigenvalue weighted by molar-refractivity contribution is 5.79. The Morgan fingerprint density at radius 1 is 1.18 bits per heavy atom. The minimum absolute atomic E-state index is 0.0620. The molecule has 0 radical (unpaired) electrons. The lowest BCUT2D eigenvalue weighted by Crippen LogP contribution is -2.31. The van der Waals surface area contributed by atoms with E-state index in [9.17, 15) is 9.59 Å². The zero-order valence-electron chi connectivity index (χ0n) is 15.8. The van der Waals surface area contributed by atoms with Crippen molar-refractivity contribution in [2.24, 2.45) is 0 Å². The first-order chi connectivity index (χ1) is 13.5. The number of furan rings is 1. The predicted molar refractivity (Wildman–Crippen MR) is 108 cm³/mol. The van der Waals surface area contributed by atoms with Crippen LogP contribution in [0.4, 0.5) is 0 Å². The third-order valence-corrected chi connectivity index (χ3v) is 5.13. The van der Waals surface area contributed by atoms with E-state index in [4.69, 9.17) is 4.42 Å². The number of carbonyl (C=O) groups excluding carboxylic acids is 1. The first-order valence-electron chi connectivity index (χ1n) is 9.23. The fourth-order valence-corrected chi connectivity index (χ4v) is 3.27. The number of nitrogens with zero attached hydrogens (tertiary/aromatic N) is 3. The van der Waals surface area contributed by atoms with Crippen LogP contribution in [-0.4, -0.2) is 27.4 Å². The van der Waals surface area contributed by atoms with Crippen LogP contribution in [0.15, 0.2) is 70.1 Å². The van der Waals surface area contributed by atoms with Crippen molar-refractivity contribution in [2.75, 3.05) is 7.05 Å². The van der Waals surface area contributed by atoms with Gasteiger partial charge in [-0.25, -0.2) is 4.98 Å². The summed E-state index contributed by atoms with van der Waals surface area (Å²) in [7, 11) is 1.75. The second-order valence-corrected chi connectivity index (χ2v) is 6.88. The molecule has 2 aromatic carbocycles. The lowest BCUT2D eigenvalue weighted by molar-refractivity contribution is -0.132. The summed E-state index contributed by atoms with van der Waals surface area (Å²) in [6.07, 6.45) is 1.71. The predicted octanol–water partition coefficient (Wildman–Crippen LogP) is 3.75. The molecule has 28 heavy (non-hydrogen) atoms. The summed E-state index contributed by atoms with van der Waals surface area (Å²) in [4.78, 5) is 31.2. The Morgan fingerprint density at radius 2 is 1.93 bits per heavy atom. The molecule has 1 atom stereocenters. The summed E-state index contributed by atoms with van der Waals surface area (Å²) in [5.74, 6) is 0.676. The molecule has 1 amide bonds.